The number of benzene rings is 2. The molecule has 0 heterocycles. The molecule has 1 aliphatic carbocycles. The molecule has 0 aliphatic heterocycles. The fourth-order valence-corrected chi connectivity index (χ4v) is 3.74. The fraction of sp³-hybridized carbons (Fsp3) is 0.278. The Morgan fingerprint density at radius 2 is 1.82 bits per heavy atom. The Bertz CT molecular complexity index is 695. The van der Waals surface area contributed by atoms with E-state index in [-0.39, 0.29) is 11.7 Å². The molecule has 1 saturated carbocycles. The van der Waals surface area contributed by atoms with Gasteiger partial charge in [0.05, 0.1) is 11.1 Å². The lowest BCUT2D eigenvalue weighted by Gasteiger charge is -2.28. The van der Waals surface area contributed by atoms with E-state index in [9.17, 15) is 9.18 Å². The predicted octanol–water partition coefficient (Wildman–Crippen LogP) is 4.88. The second-order valence-electron chi connectivity index (χ2n) is 5.73. The van der Waals surface area contributed by atoms with Gasteiger partial charge >= 0.3 is 0 Å². The van der Waals surface area contributed by atoms with Crippen molar-refractivity contribution in [2.45, 2.75) is 31.1 Å². The van der Waals surface area contributed by atoms with Gasteiger partial charge in [-0.2, -0.15) is 0 Å². The second-order valence-corrected chi connectivity index (χ2v) is 6.90. The fourth-order valence-electron chi connectivity index (χ4n) is 3.22. The summed E-state index contributed by atoms with van der Waals surface area (Å²) >= 11 is 2.21. The molecule has 0 radical (unpaired) electrons. The van der Waals surface area contributed by atoms with Crippen molar-refractivity contribution < 1.29 is 9.18 Å². The van der Waals surface area contributed by atoms with Gasteiger partial charge < -0.3 is 5.32 Å². The highest BCUT2D eigenvalue weighted by Crippen LogP contribution is 2.42. The van der Waals surface area contributed by atoms with Crippen molar-refractivity contribution >= 4 is 34.2 Å². The Morgan fingerprint density at radius 1 is 1.09 bits per heavy atom. The molecule has 3 rings (SSSR count). The molecule has 0 bridgehead atoms. The lowest BCUT2D eigenvalue weighted by molar-refractivity contribution is -0.121. The summed E-state index contributed by atoms with van der Waals surface area (Å²) in [7, 11) is 0. The third-order valence-corrected chi connectivity index (χ3v) is 5.33. The van der Waals surface area contributed by atoms with Gasteiger partial charge in [-0.05, 0) is 65.3 Å². The maximum atomic E-state index is 13.6. The molecule has 22 heavy (non-hydrogen) atoms. The van der Waals surface area contributed by atoms with E-state index in [0.717, 1.165) is 40.5 Å². The van der Waals surface area contributed by atoms with Gasteiger partial charge in [0.2, 0.25) is 5.91 Å². The lowest BCUT2D eigenvalue weighted by atomic mass is 9.78. The maximum absolute atomic E-state index is 13.6. The zero-order valence-corrected chi connectivity index (χ0v) is 14.3. The summed E-state index contributed by atoms with van der Waals surface area (Å²) in [5.41, 5.74) is 0.991. The minimum atomic E-state index is -0.610. The van der Waals surface area contributed by atoms with Crippen molar-refractivity contribution in [3.8, 4) is 0 Å². The number of carbonyl (C=O) groups is 1. The van der Waals surface area contributed by atoms with Crippen LogP contribution in [0.25, 0.3) is 0 Å². The quantitative estimate of drug-likeness (QED) is 0.720. The van der Waals surface area contributed by atoms with Crippen LogP contribution in [0, 0.1) is 9.39 Å². The van der Waals surface area contributed by atoms with E-state index >= 15 is 0 Å². The summed E-state index contributed by atoms with van der Waals surface area (Å²) in [5, 5.41) is 3.04. The second kappa shape index (κ2) is 6.36. The first kappa shape index (κ1) is 15.5. The van der Waals surface area contributed by atoms with Gasteiger partial charge in [0.15, 0.2) is 0 Å². The molecule has 1 N–H and O–H groups in total. The van der Waals surface area contributed by atoms with Gasteiger partial charge in [0, 0.05) is 3.57 Å². The van der Waals surface area contributed by atoms with Gasteiger partial charge in [-0.25, -0.2) is 4.39 Å². The average molecular weight is 409 g/mol. The topological polar surface area (TPSA) is 29.1 Å². The van der Waals surface area contributed by atoms with Crippen LogP contribution in [0.2, 0.25) is 0 Å². The van der Waals surface area contributed by atoms with Crippen LogP contribution < -0.4 is 5.32 Å². The Labute approximate surface area is 143 Å². The summed E-state index contributed by atoms with van der Waals surface area (Å²) in [6, 6.07) is 14.2. The molecule has 0 saturated heterocycles. The molecule has 0 aromatic heterocycles. The van der Waals surface area contributed by atoms with Crippen LogP contribution in [0.3, 0.4) is 0 Å². The summed E-state index contributed by atoms with van der Waals surface area (Å²) in [5.74, 6) is -0.314. The average Bonchev–Trinajstić information content (AvgIpc) is 3.00. The number of amides is 1. The van der Waals surface area contributed by atoms with Crippen molar-refractivity contribution in [3.05, 3.63) is 63.5 Å². The maximum Gasteiger partial charge on any atom is 0.235 e. The first-order chi connectivity index (χ1) is 10.6. The van der Waals surface area contributed by atoms with Crippen LogP contribution in [-0.2, 0) is 10.2 Å². The van der Waals surface area contributed by atoms with Gasteiger partial charge in [-0.15, -0.1) is 0 Å². The van der Waals surface area contributed by atoms with Gasteiger partial charge in [-0.1, -0.05) is 37.1 Å². The summed E-state index contributed by atoms with van der Waals surface area (Å²) in [4.78, 5) is 13.0. The van der Waals surface area contributed by atoms with Crippen molar-refractivity contribution in [3.63, 3.8) is 0 Å². The van der Waals surface area contributed by atoms with Gasteiger partial charge in [0.25, 0.3) is 0 Å². The normalized spacial score (nSPS) is 16.5. The molecule has 2 aromatic rings. The van der Waals surface area contributed by atoms with Crippen LogP contribution in [0.1, 0.15) is 31.2 Å². The highest BCUT2D eigenvalue weighted by Gasteiger charge is 2.43. The van der Waals surface area contributed by atoms with Crippen molar-refractivity contribution in [1.82, 2.24) is 0 Å². The molecular weight excluding hydrogens is 392 g/mol. The Hall–Kier alpha value is -1.43. The van der Waals surface area contributed by atoms with Crippen LogP contribution in [-0.4, -0.2) is 5.91 Å². The number of para-hydroxylation sites is 1. The van der Waals surface area contributed by atoms with E-state index in [1.807, 2.05) is 30.3 Å². The standard InChI is InChI=1S/C18H17FINO/c19-14-7-5-6-13(12-14)18(10-3-4-11-18)17(22)21-16-9-2-1-8-15(16)20/h1-2,5-9,12H,3-4,10-11H2,(H,21,22). The van der Waals surface area contributed by atoms with Gasteiger partial charge in [0.1, 0.15) is 5.82 Å². The Balaban J connectivity index is 1.94. The largest absolute Gasteiger partial charge is 0.324 e. The van der Waals surface area contributed by atoms with E-state index < -0.39 is 5.41 Å². The molecule has 1 amide bonds. The molecule has 0 spiro atoms. The molecule has 1 fully saturated rings. The molecule has 0 atom stereocenters. The summed E-state index contributed by atoms with van der Waals surface area (Å²) < 4.78 is 14.6. The van der Waals surface area contributed by atoms with E-state index in [2.05, 4.69) is 27.9 Å². The minimum absolute atomic E-state index is 0.0280. The van der Waals surface area contributed by atoms with E-state index in [0.29, 0.717) is 0 Å². The number of carbonyl (C=O) groups excluding carboxylic acids is 1. The van der Waals surface area contributed by atoms with Crippen LogP contribution in [0.5, 0.6) is 0 Å². The molecule has 0 unspecified atom stereocenters. The van der Waals surface area contributed by atoms with Gasteiger partial charge in [-0.3, -0.25) is 4.79 Å². The minimum Gasteiger partial charge on any atom is -0.324 e. The summed E-state index contributed by atoms with van der Waals surface area (Å²) in [6.45, 7) is 0. The Morgan fingerprint density at radius 3 is 2.50 bits per heavy atom. The zero-order valence-electron chi connectivity index (χ0n) is 12.1. The number of anilines is 1. The van der Waals surface area contributed by atoms with E-state index in [1.54, 1.807) is 6.07 Å². The lowest BCUT2D eigenvalue weighted by Crippen LogP contribution is -2.38. The number of hydrogen-bond donors (Lipinski definition) is 1. The van der Waals surface area contributed by atoms with E-state index in [4.69, 9.17) is 0 Å². The first-order valence-corrected chi connectivity index (χ1v) is 8.52. The zero-order chi connectivity index (χ0) is 15.6. The third kappa shape index (κ3) is 2.89. The smallest absolute Gasteiger partial charge is 0.235 e. The SMILES string of the molecule is O=C(Nc1ccccc1I)C1(c2cccc(F)c2)CCCC1. The molecule has 2 aromatic carbocycles. The van der Waals surface area contributed by atoms with Crippen LogP contribution in [0.15, 0.2) is 48.5 Å². The number of nitrogens with one attached hydrogen (secondary N) is 1. The monoisotopic (exact) mass is 409 g/mol. The molecule has 2 nitrogen and oxygen atoms in total. The number of halogens is 2. The van der Waals surface area contributed by atoms with Crippen LogP contribution >= 0.6 is 22.6 Å². The number of rotatable bonds is 3. The summed E-state index contributed by atoms with van der Waals surface area (Å²) in [6.07, 6.45) is 3.53. The van der Waals surface area contributed by atoms with Crippen molar-refractivity contribution in [2.24, 2.45) is 0 Å². The van der Waals surface area contributed by atoms with Crippen LogP contribution in [0.4, 0.5) is 10.1 Å². The van der Waals surface area contributed by atoms with Crippen molar-refractivity contribution in [2.75, 3.05) is 5.32 Å². The first-order valence-electron chi connectivity index (χ1n) is 7.44. The highest BCUT2D eigenvalue weighted by molar-refractivity contribution is 14.1. The van der Waals surface area contributed by atoms with E-state index in [1.165, 1.54) is 12.1 Å². The molecular formula is C18H17FINO. The molecule has 114 valence electrons. The van der Waals surface area contributed by atoms with Crippen molar-refractivity contribution in [1.29, 1.82) is 0 Å². The third-order valence-electron chi connectivity index (χ3n) is 4.39. The molecule has 1 aliphatic rings. The number of hydrogen-bond acceptors (Lipinski definition) is 1. The highest BCUT2D eigenvalue weighted by atomic mass is 127. The molecule has 4 heteroatoms. The predicted molar refractivity (Wildman–Crippen MR) is 94.3 cm³/mol. The Kier molecular flexibility index (Phi) is 4.47.